The molecular weight excluding hydrogens is 146 g/mol. The molecule has 0 amide bonds. The third-order valence-electron chi connectivity index (χ3n) is 1.05. The van der Waals surface area contributed by atoms with Crippen LogP contribution < -0.4 is 5.73 Å². The van der Waals surface area contributed by atoms with Crippen LogP contribution in [0.3, 0.4) is 0 Å². The third-order valence-corrected chi connectivity index (χ3v) is 1.05. The molecule has 0 aromatic carbocycles. The van der Waals surface area contributed by atoms with Crippen LogP contribution in [0.4, 0.5) is 0 Å². The Morgan fingerprint density at radius 3 is 2.00 bits per heavy atom. The van der Waals surface area contributed by atoms with Crippen molar-refractivity contribution in [1.82, 2.24) is 0 Å². The average Bonchev–Trinajstić information content (AvgIpc) is 1.62. The molecule has 0 spiro atoms. The minimum atomic E-state index is -0.0787. The Morgan fingerprint density at radius 2 is 1.90 bits per heavy atom. The van der Waals surface area contributed by atoms with Crippen LogP contribution in [0.1, 0.15) is 27.2 Å². The zero-order chi connectivity index (χ0) is 7.49. The van der Waals surface area contributed by atoms with Gasteiger partial charge in [0, 0.05) is 0 Å². The standard InChI is InChI=1S/C8H15N.ClH/c1-5-7(9)6-8(2,3)4;/h1,7H,6,9H2,2-4H3;1H. The van der Waals surface area contributed by atoms with Crippen LogP contribution >= 0.6 is 12.4 Å². The lowest BCUT2D eigenvalue weighted by Crippen LogP contribution is -2.24. The maximum Gasteiger partial charge on any atom is 0.0666 e. The Morgan fingerprint density at radius 1 is 1.50 bits per heavy atom. The lowest BCUT2D eigenvalue weighted by Gasteiger charge is -2.19. The number of terminal acetylenes is 1. The summed E-state index contributed by atoms with van der Waals surface area (Å²) >= 11 is 0. The summed E-state index contributed by atoms with van der Waals surface area (Å²) in [4.78, 5) is 0. The van der Waals surface area contributed by atoms with Crippen molar-refractivity contribution in [1.29, 1.82) is 0 Å². The van der Waals surface area contributed by atoms with Gasteiger partial charge in [0.1, 0.15) is 0 Å². The molecule has 1 nitrogen and oxygen atoms in total. The summed E-state index contributed by atoms with van der Waals surface area (Å²) in [6.45, 7) is 6.39. The maximum atomic E-state index is 5.52. The van der Waals surface area contributed by atoms with Crippen LogP contribution in [-0.4, -0.2) is 6.04 Å². The molecule has 0 heterocycles. The molecule has 10 heavy (non-hydrogen) atoms. The van der Waals surface area contributed by atoms with Gasteiger partial charge in [0.15, 0.2) is 0 Å². The van der Waals surface area contributed by atoms with Gasteiger partial charge in [-0.15, -0.1) is 18.8 Å². The Hall–Kier alpha value is -0.190. The van der Waals surface area contributed by atoms with Crippen LogP contribution in [0.5, 0.6) is 0 Å². The highest BCUT2D eigenvalue weighted by Crippen LogP contribution is 2.19. The van der Waals surface area contributed by atoms with Crippen molar-refractivity contribution in [2.24, 2.45) is 11.1 Å². The number of hydrogen-bond acceptors (Lipinski definition) is 1. The molecule has 0 radical (unpaired) electrons. The van der Waals surface area contributed by atoms with E-state index in [1.807, 2.05) is 0 Å². The predicted octanol–water partition coefficient (Wildman–Crippen LogP) is 1.80. The molecule has 0 fully saturated rings. The predicted molar refractivity (Wildman–Crippen MR) is 48.1 cm³/mol. The molecule has 1 unspecified atom stereocenters. The van der Waals surface area contributed by atoms with E-state index in [1.54, 1.807) is 0 Å². The first-order valence-electron chi connectivity index (χ1n) is 3.17. The summed E-state index contributed by atoms with van der Waals surface area (Å²) in [5.41, 5.74) is 5.78. The van der Waals surface area contributed by atoms with Crippen LogP contribution in [0.2, 0.25) is 0 Å². The summed E-state index contributed by atoms with van der Waals surface area (Å²) < 4.78 is 0. The first-order valence-corrected chi connectivity index (χ1v) is 3.17. The summed E-state index contributed by atoms with van der Waals surface area (Å²) in [5.74, 6) is 2.50. The van der Waals surface area contributed by atoms with E-state index in [0.29, 0.717) is 0 Å². The quantitative estimate of drug-likeness (QED) is 0.584. The zero-order valence-corrected chi connectivity index (χ0v) is 7.66. The van der Waals surface area contributed by atoms with Gasteiger partial charge in [-0.25, -0.2) is 0 Å². The van der Waals surface area contributed by atoms with Crippen LogP contribution in [-0.2, 0) is 0 Å². The van der Waals surface area contributed by atoms with Gasteiger partial charge in [-0.05, 0) is 11.8 Å². The van der Waals surface area contributed by atoms with Crippen molar-refractivity contribution < 1.29 is 0 Å². The smallest absolute Gasteiger partial charge is 0.0666 e. The number of halogens is 1. The highest BCUT2D eigenvalue weighted by molar-refractivity contribution is 5.85. The molecular formula is C8H16ClN. The van der Waals surface area contributed by atoms with E-state index in [0.717, 1.165) is 6.42 Å². The van der Waals surface area contributed by atoms with E-state index in [-0.39, 0.29) is 23.9 Å². The van der Waals surface area contributed by atoms with Crippen molar-refractivity contribution in [3.63, 3.8) is 0 Å². The lowest BCUT2D eigenvalue weighted by molar-refractivity contribution is 0.364. The molecule has 0 saturated heterocycles. The first kappa shape index (κ1) is 12.5. The van der Waals surface area contributed by atoms with Crippen LogP contribution in [0, 0.1) is 17.8 Å². The van der Waals surface area contributed by atoms with Crippen LogP contribution in [0.15, 0.2) is 0 Å². The zero-order valence-electron chi connectivity index (χ0n) is 6.85. The van der Waals surface area contributed by atoms with E-state index in [2.05, 4.69) is 26.7 Å². The largest absolute Gasteiger partial charge is 0.318 e. The van der Waals surface area contributed by atoms with Gasteiger partial charge < -0.3 is 5.73 Å². The van der Waals surface area contributed by atoms with Gasteiger partial charge in [-0.2, -0.15) is 0 Å². The summed E-state index contributed by atoms with van der Waals surface area (Å²) in [6.07, 6.45) is 6.00. The van der Waals surface area contributed by atoms with Gasteiger partial charge in [0.2, 0.25) is 0 Å². The van der Waals surface area contributed by atoms with E-state index in [4.69, 9.17) is 12.2 Å². The molecule has 0 aromatic rings. The van der Waals surface area contributed by atoms with Gasteiger partial charge >= 0.3 is 0 Å². The Kier molecular flexibility index (Phi) is 5.74. The Bertz CT molecular complexity index is 118. The fourth-order valence-corrected chi connectivity index (χ4v) is 0.719. The first-order chi connectivity index (χ1) is 3.95. The molecule has 0 aliphatic rings. The molecule has 0 aromatic heterocycles. The lowest BCUT2D eigenvalue weighted by atomic mass is 9.89. The van der Waals surface area contributed by atoms with Crippen LogP contribution in [0.25, 0.3) is 0 Å². The number of nitrogens with two attached hydrogens (primary N) is 1. The Labute approximate surface area is 69.8 Å². The Balaban J connectivity index is 0. The normalized spacial score (nSPS) is 13.1. The minimum absolute atomic E-state index is 0. The molecule has 0 saturated carbocycles. The molecule has 0 aliphatic carbocycles. The van der Waals surface area contributed by atoms with Gasteiger partial charge in [-0.1, -0.05) is 26.7 Å². The molecule has 2 heteroatoms. The fourth-order valence-electron chi connectivity index (χ4n) is 0.719. The van der Waals surface area contributed by atoms with Crippen molar-refractivity contribution in [2.75, 3.05) is 0 Å². The molecule has 0 bridgehead atoms. The second-order valence-corrected chi connectivity index (χ2v) is 3.54. The molecule has 60 valence electrons. The summed E-state index contributed by atoms with van der Waals surface area (Å²) in [5, 5.41) is 0. The molecule has 0 aliphatic heterocycles. The minimum Gasteiger partial charge on any atom is -0.318 e. The summed E-state index contributed by atoms with van der Waals surface area (Å²) in [7, 11) is 0. The average molecular weight is 162 g/mol. The highest BCUT2D eigenvalue weighted by Gasteiger charge is 2.12. The molecule has 1 atom stereocenters. The van der Waals surface area contributed by atoms with Crippen molar-refractivity contribution in [2.45, 2.75) is 33.2 Å². The monoisotopic (exact) mass is 161 g/mol. The number of rotatable bonds is 1. The van der Waals surface area contributed by atoms with Gasteiger partial charge in [0.25, 0.3) is 0 Å². The SMILES string of the molecule is C#CC(N)CC(C)(C)C.Cl. The van der Waals surface area contributed by atoms with Crippen molar-refractivity contribution >= 4 is 12.4 Å². The molecule has 0 rings (SSSR count). The van der Waals surface area contributed by atoms with E-state index < -0.39 is 0 Å². The highest BCUT2D eigenvalue weighted by atomic mass is 35.5. The fraction of sp³-hybridized carbons (Fsp3) is 0.750. The van der Waals surface area contributed by atoms with E-state index >= 15 is 0 Å². The topological polar surface area (TPSA) is 26.0 Å². The van der Waals surface area contributed by atoms with E-state index in [9.17, 15) is 0 Å². The van der Waals surface area contributed by atoms with Crippen molar-refractivity contribution in [3.8, 4) is 12.3 Å². The van der Waals surface area contributed by atoms with Crippen molar-refractivity contribution in [3.05, 3.63) is 0 Å². The van der Waals surface area contributed by atoms with Gasteiger partial charge in [0.05, 0.1) is 6.04 Å². The maximum absolute atomic E-state index is 5.52. The second-order valence-electron chi connectivity index (χ2n) is 3.54. The third kappa shape index (κ3) is 7.81. The second kappa shape index (κ2) is 4.60. The number of hydrogen-bond donors (Lipinski definition) is 1. The summed E-state index contributed by atoms with van der Waals surface area (Å²) in [6, 6.07) is -0.0787. The van der Waals surface area contributed by atoms with Gasteiger partial charge in [-0.3, -0.25) is 0 Å². The molecule has 2 N–H and O–H groups in total. The van der Waals surface area contributed by atoms with E-state index in [1.165, 1.54) is 0 Å².